The molecular weight excluding hydrogens is 390 g/mol. The number of hydrogen-bond acceptors (Lipinski definition) is 5. The van der Waals surface area contributed by atoms with Crippen molar-refractivity contribution in [2.75, 3.05) is 20.7 Å². The van der Waals surface area contributed by atoms with E-state index < -0.39 is 16.0 Å². The average molecular weight is 420 g/mol. The third-order valence-corrected chi connectivity index (χ3v) is 8.98. The molecule has 0 atom stereocenters. The van der Waals surface area contributed by atoms with Gasteiger partial charge in [0.15, 0.2) is 12.4 Å². The molecule has 0 unspecified atom stereocenters. The normalized spacial score (nSPS) is 30.6. The van der Waals surface area contributed by atoms with Crippen LogP contribution in [0.1, 0.15) is 54.4 Å². The summed E-state index contributed by atoms with van der Waals surface area (Å²) in [5, 5.41) is 0. The number of esters is 1. The van der Waals surface area contributed by atoms with Crippen LogP contribution in [0.2, 0.25) is 0 Å². The van der Waals surface area contributed by atoms with Crippen molar-refractivity contribution in [1.82, 2.24) is 4.31 Å². The van der Waals surface area contributed by atoms with E-state index in [2.05, 4.69) is 0 Å². The van der Waals surface area contributed by atoms with Gasteiger partial charge in [-0.3, -0.25) is 4.79 Å². The summed E-state index contributed by atoms with van der Waals surface area (Å²) in [6, 6.07) is 4.40. The maximum absolute atomic E-state index is 13.1. The molecule has 4 aliphatic rings. The molecule has 0 radical (unpaired) electrons. The molecule has 0 aliphatic heterocycles. The maximum Gasteiger partial charge on any atom is 0.338 e. The van der Waals surface area contributed by atoms with Gasteiger partial charge >= 0.3 is 5.97 Å². The van der Waals surface area contributed by atoms with Gasteiger partial charge in [0.2, 0.25) is 10.0 Å². The number of ketones is 1. The molecule has 0 saturated heterocycles. The summed E-state index contributed by atoms with van der Waals surface area (Å²) in [5.74, 6) is 1.35. The van der Waals surface area contributed by atoms with E-state index in [1.165, 1.54) is 45.5 Å². The molecule has 1 aromatic carbocycles. The minimum Gasteiger partial charge on any atom is -0.454 e. The second-order valence-electron chi connectivity index (χ2n) is 9.46. The Balaban J connectivity index is 1.47. The van der Waals surface area contributed by atoms with Gasteiger partial charge in [-0.15, -0.1) is 0 Å². The Morgan fingerprint density at radius 2 is 1.62 bits per heavy atom. The molecule has 4 fully saturated rings. The van der Waals surface area contributed by atoms with Crippen LogP contribution in [-0.2, 0) is 19.6 Å². The van der Waals surface area contributed by atoms with Crippen molar-refractivity contribution >= 4 is 21.8 Å². The first-order valence-electron chi connectivity index (χ1n) is 10.3. The molecular formula is C22H29NO5S. The number of carbonyl (C=O) groups excluding carboxylic acids is 2. The van der Waals surface area contributed by atoms with Gasteiger partial charge in [0.25, 0.3) is 0 Å². The topological polar surface area (TPSA) is 80.8 Å². The molecule has 4 aliphatic carbocycles. The smallest absolute Gasteiger partial charge is 0.338 e. The molecule has 7 heteroatoms. The minimum atomic E-state index is -3.65. The second-order valence-corrected chi connectivity index (χ2v) is 11.6. The Morgan fingerprint density at radius 1 is 1.07 bits per heavy atom. The van der Waals surface area contributed by atoms with Crippen LogP contribution in [0.15, 0.2) is 23.1 Å². The fourth-order valence-corrected chi connectivity index (χ4v) is 6.93. The van der Waals surface area contributed by atoms with Gasteiger partial charge in [-0.1, -0.05) is 6.07 Å². The second kappa shape index (κ2) is 7.20. The summed E-state index contributed by atoms with van der Waals surface area (Å²) in [4.78, 5) is 25.8. The molecule has 29 heavy (non-hydrogen) atoms. The van der Waals surface area contributed by atoms with Gasteiger partial charge in [-0.05, 0) is 80.9 Å². The van der Waals surface area contributed by atoms with Crippen LogP contribution >= 0.6 is 0 Å². The summed E-state index contributed by atoms with van der Waals surface area (Å²) >= 11 is 0. The Morgan fingerprint density at radius 3 is 2.14 bits per heavy atom. The number of aryl methyl sites for hydroxylation is 1. The average Bonchev–Trinajstić information content (AvgIpc) is 2.64. The highest BCUT2D eigenvalue weighted by molar-refractivity contribution is 7.89. The van der Waals surface area contributed by atoms with Crippen molar-refractivity contribution in [1.29, 1.82) is 0 Å². The summed E-state index contributed by atoms with van der Waals surface area (Å²) in [6.07, 6.45) is 6.55. The molecule has 0 spiro atoms. The monoisotopic (exact) mass is 419 g/mol. The van der Waals surface area contributed by atoms with E-state index in [1.54, 1.807) is 13.0 Å². The van der Waals surface area contributed by atoms with E-state index >= 15 is 0 Å². The van der Waals surface area contributed by atoms with Crippen molar-refractivity contribution in [3.63, 3.8) is 0 Å². The minimum absolute atomic E-state index is 0.0347. The first-order chi connectivity index (χ1) is 13.6. The Hall–Kier alpha value is -1.73. The molecule has 0 N–H and O–H groups in total. The number of hydrogen-bond donors (Lipinski definition) is 0. The number of nitrogens with zero attached hydrogens (tertiary/aromatic N) is 1. The highest BCUT2D eigenvalue weighted by Crippen LogP contribution is 2.60. The number of benzene rings is 1. The zero-order valence-electron chi connectivity index (χ0n) is 17.3. The van der Waals surface area contributed by atoms with Crippen LogP contribution in [0.3, 0.4) is 0 Å². The first-order valence-corrected chi connectivity index (χ1v) is 11.8. The largest absolute Gasteiger partial charge is 0.454 e. The Labute approximate surface area is 172 Å². The van der Waals surface area contributed by atoms with Crippen LogP contribution in [0.25, 0.3) is 0 Å². The Kier molecular flexibility index (Phi) is 5.10. The van der Waals surface area contributed by atoms with Gasteiger partial charge < -0.3 is 4.74 Å². The number of carbonyl (C=O) groups is 2. The Bertz CT molecular complexity index is 915. The van der Waals surface area contributed by atoms with Crippen LogP contribution in [-0.4, -0.2) is 45.2 Å². The van der Waals surface area contributed by atoms with Crippen LogP contribution in [0.4, 0.5) is 0 Å². The molecule has 6 nitrogen and oxygen atoms in total. The molecule has 1 aromatic rings. The van der Waals surface area contributed by atoms with E-state index in [1.807, 2.05) is 0 Å². The zero-order chi connectivity index (χ0) is 21.0. The molecule has 5 rings (SSSR count). The van der Waals surface area contributed by atoms with Crippen molar-refractivity contribution < 1.29 is 22.7 Å². The van der Waals surface area contributed by atoms with Gasteiger partial charge in [0, 0.05) is 19.5 Å². The van der Waals surface area contributed by atoms with E-state index in [0.29, 0.717) is 23.3 Å². The first kappa shape index (κ1) is 20.5. The number of sulfonamides is 1. The molecule has 0 amide bonds. The predicted octanol–water partition coefficient (Wildman–Crippen LogP) is 3.19. The lowest BCUT2D eigenvalue weighted by molar-refractivity contribution is -0.147. The quantitative estimate of drug-likeness (QED) is 0.662. The SMILES string of the molecule is Cc1ccc(S(=O)(=O)N(C)C)cc1C(=O)OCC(=O)C12CC3CC(CC(C3)C1)C2. The van der Waals surface area contributed by atoms with Gasteiger partial charge in [-0.2, -0.15) is 0 Å². The molecule has 0 aromatic heterocycles. The fourth-order valence-electron chi connectivity index (χ4n) is 6.01. The van der Waals surface area contributed by atoms with Crippen LogP contribution in [0.5, 0.6) is 0 Å². The van der Waals surface area contributed by atoms with Gasteiger partial charge in [0.1, 0.15) is 0 Å². The lowest BCUT2D eigenvalue weighted by atomic mass is 9.48. The molecule has 0 heterocycles. The third-order valence-electron chi connectivity index (χ3n) is 7.17. The summed E-state index contributed by atoms with van der Waals surface area (Å²) in [7, 11) is -0.769. The lowest BCUT2D eigenvalue weighted by Gasteiger charge is -2.55. The number of Topliss-reactive ketones (excluding diaryl/α,β-unsaturated/α-hetero) is 1. The van der Waals surface area contributed by atoms with Crippen molar-refractivity contribution in [3.8, 4) is 0 Å². The van der Waals surface area contributed by atoms with Crippen LogP contribution in [0, 0.1) is 30.1 Å². The van der Waals surface area contributed by atoms with Gasteiger partial charge in [0.05, 0.1) is 10.5 Å². The number of ether oxygens (including phenoxy) is 1. The van der Waals surface area contributed by atoms with Crippen molar-refractivity contribution in [3.05, 3.63) is 29.3 Å². The molecule has 4 saturated carbocycles. The van der Waals surface area contributed by atoms with E-state index in [9.17, 15) is 18.0 Å². The highest BCUT2D eigenvalue weighted by atomic mass is 32.2. The predicted molar refractivity (Wildman–Crippen MR) is 108 cm³/mol. The highest BCUT2D eigenvalue weighted by Gasteiger charge is 2.54. The van der Waals surface area contributed by atoms with E-state index in [4.69, 9.17) is 4.74 Å². The van der Waals surface area contributed by atoms with E-state index in [0.717, 1.165) is 23.6 Å². The maximum atomic E-state index is 13.1. The van der Waals surface area contributed by atoms with Crippen molar-refractivity contribution in [2.24, 2.45) is 23.2 Å². The molecule has 158 valence electrons. The molecule has 4 bridgehead atoms. The van der Waals surface area contributed by atoms with E-state index in [-0.39, 0.29) is 28.3 Å². The number of rotatable bonds is 6. The fraction of sp³-hybridized carbons (Fsp3) is 0.636. The lowest BCUT2D eigenvalue weighted by Crippen LogP contribution is -2.51. The summed E-state index contributed by atoms with van der Waals surface area (Å²) in [5.41, 5.74) is 0.501. The standard InChI is InChI=1S/C22H29NO5S/c1-14-4-5-18(29(26,27)23(2)3)9-19(14)21(25)28-13-20(24)22-10-15-6-16(11-22)8-17(7-15)12-22/h4-5,9,15-17H,6-8,10-13H2,1-3H3. The zero-order valence-corrected chi connectivity index (χ0v) is 18.1. The van der Waals surface area contributed by atoms with Gasteiger partial charge in [-0.25, -0.2) is 17.5 Å². The third kappa shape index (κ3) is 3.63. The summed E-state index contributed by atoms with van der Waals surface area (Å²) in [6.45, 7) is 1.50. The summed E-state index contributed by atoms with van der Waals surface area (Å²) < 4.78 is 31.2. The van der Waals surface area contributed by atoms with Crippen LogP contribution < -0.4 is 0 Å². The van der Waals surface area contributed by atoms with Crippen molar-refractivity contribution in [2.45, 2.75) is 50.3 Å².